The summed E-state index contributed by atoms with van der Waals surface area (Å²) >= 11 is 0. The molecule has 3 heterocycles. The second kappa shape index (κ2) is 8.87. The maximum Gasteiger partial charge on any atom is 0.356 e. The molecule has 1 N–H and O–H groups in total. The Kier molecular flexibility index (Phi) is 5.97. The summed E-state index contributed by atoms with van der Waals surface area (Å²) in [4.78, 5) is 20.5. The molecule has 0 fully saturated rings. The van der Waals surface area contributed by atoms with Crippen molar-refractivity contribution in [2.45, 2.75) is 11.8 Å². The fourth-order valence-electron chi connectivity index (χ4n) is 3.17. The lowest BCUT2D eigenvalue weighted by atomic mass is 10.1. The highest BCUT2D eigenvalue weighted by molar-refractivity contribution is 7.92. The van der Waals surface area contributed by atoms with Crippen molar-refractivity contribution in [2.24, 2.45) is 0 Å². The number of methoxy groups -OCH3 is 1. The number of pyridine rings is 2. The third-order valence-electron chi connectivity index (χ3n) is 4.74. The first-order chi connectivity index (χ1) is 15.8. The van der Waals surface area contributed by atoms with Crippen LogP contribution in [-0.2, 0) is 14.8 Å². The molecule has 11 heteroatoms. The third-order valence-corrected chi connectivity index (χ3v) is 6.12. The van der Waals surface area contributed by atoms with E-state index in [1.165, 1.54) is 19.5 Å². The Morgan fingerprint density at radius 3 is 2.55 bits per heavy atom. The van der Waals surface area contributed by atoms with Gasteiger partial charge in [0.05, 0.1) is 24.8 Å². The van der Waals surface area contributed by atoms with Crippen LogP contribution in [0.1, 0.15) is 17.4 Å². The quantitative estimate of drug-likeness (QED) is 0.411. The van der Waals surface area contributed by atoms with Gasteiger partial charge in [0.15, 0.2) is 5.69 Å². The zero-order valence-corrected chi connectivity index (χ0v) is 18.5. The van der Waals surface area contributed by atoms with Crippen molar-refractivity contribution in [1.82, 2.24) is 14.4 Å². The smallest absolute Gasteiger partial charge is 0.356 e. The van der Waals surface area contributed by atoms with Crippen LogP contribution in [0.25, 0.3) is 16.8 Å². The first-order valence-corrected chi connectivity index (χ1v) is 11.3. The minimum Gasteiger partial charge on any atom is -0.480 e. The highest BCUT2D eigenvalue weighted by Crippen LogP contribution is 2.30. The van der Waals surface area contributed by atoms with Crippen LogP contribution in [0.3, 0.4) is 0 Å². The number of hydrogen-bond acceptors (Lipinski definition) is 7. The molecule has 0 bridgehead atoms. The van der Waals surface area contributed by atoms with Crippen LogP contribution in [0.5, 0.6) is 5.88 Å². The van der Waals surface area contributed by atoms with Crippen LogP contribution in [0.2, 0.25) is 0 Å². The number of carbonyl (C=O) groups is 1. The summed E-state index contributed by atoms with van der Waals surface area (Å²) in [6, 6.07) is 9.46. The molecule has 0 aliphatic carbocycles. The van der Waals surface area contributed by atoms with E-state index in [2.05, 4.69) is 14.7 Å². The fraction of sp³-hybridized carbons (Fsp3) is 0.136. The molecule has 0 saturated carbocycles. The molecule has 3 aromatic heterocycles. The minimum absolute atomic E-state index is 0.0559. The van der Waals surface area contributed by atoms with Gasteiger partial charge in [0.25, 0.3) is 10.0 Å². The van der Waals surface area contributed by atoms with Crippen molar-refractivity contribution in [3.05, 3.63) is 72.6 Å². The van der Waals surface area contributed by atoms with E-state index >= 15 is 0 Å². The number of carbonyl (C=O) groups excluding carboxylic acids is 1. The first kappa shape index (κ1) is 22.2. The normalized spacial score (nSPS) is 11.4. The zero-order chi connectivity index (χ0) is 23.6. The van der Waals surface area contributed by atoms with E-state index in [1.54, 1.807) is 35.7 Å². The second-order valence-corrected chi connectivity index (χ2v) is 8.53. The van der Waals surface area contributed by atoms with Gasteiger partial charge >= 0.3 is 5.97 Å². The molecule has 33 heavy (non-hydrogen) atoms. The fourth-order valence-corrected chi connectivity index (χ4v) is 4.22. The Bertz CT molecular complexity index is 1440. The van der Waals surface area contributed by atoms with Gasteiger partial charge in [0, 0.05) is 23.5 Å². The van der Waals surface area contributed by atoms with Gasteiger partial charge in [-0.05, 0) is 49.4 Å². The van der Waals surface area contributed by atoms with Crippen LogP contribution in [0.4, 0.5) is 10.1 Å². The SMILES string of the molecule is CCOC(=O)c1cnc2ccc(-c3cnc(OC)c(NS(=O)(=O)c4ccc(F)cc4)c3)cn12. The lowest BCUT2D eigenvalue weighted by Gasteiger charge is -2.13. The largest absolute Gasteiger partial charge is 0.480 e. The summed E-state index contributed by atoms with van der Waals surface area (Å²) in [5.41, 5.74) is 2.09. The van der Waals surface area contributed by atoms with E-state index in [1.807, 2.05) is 0 Å². The molecule has 0 atom stereocenters. The van der Waals surface area contributed by atoms with Crippen molar-refractivity contribution in [3.8, 4) is 17.0 Å². The predicted octanol–water partition coefficient (Wildman–Crippen LogP) is 3.52. The number of ether oxygens (including phenoxy) is 2. The summed E-state index contributed by atoms with van der Waals surface area (Å²) < 4.78 is 53.0. The van der Waals surface area contributed by atoms with Crippen molar-refractivity contribution < 1.29 is 27.1 Å². The lowest BCUT2D eigenvalue weighted by molar-refractivity contribution is 0.0518. The number of imidazole rings is 1. The standard InChI is InChI=1S/C22H19FN4O5S/c1-3-32-22(28)19-12-24-20-9-4-14(13-27(19)20)15-10-18(21(31-2)25-11-15)26-33(29,30)17-7-5-16(23)6-8-17/h4-13,26H,3H2,1-2H3. The second-order valence-electron chi connectivity index (χ2n) is 6.85. The Morgan fingerprint density at radius 2 is 1.85 bits per heavy atom. The molecule has 0 unspecified atom stereocenters. The number of fused-ring (bicyclic) bond motifs is 1. The molecule has 4 rings (SSSR count). The van der Waals surface area contributed by atoms with Crippen LogP contribution in [0.15, 0.2) is 66.0 Å². The van der Waals surface area contributed by atoms with Crippen molar-refractivity contribution in [2.75, 3.05) is 18.4 Å². The van der Waals surface area contributed by atoms with E-state index in [0.717, 1.165) is 24.3 Å². The summed E-state index contributed by atoms with van der Waals surface area (Å²) in [5.74, 6) is -1.00. The predicted molar refractivity (Wildman–Crippen MR) is 118 cm³/mol. The molecule has 0 spiro atoms. The molecule has 0 amide bonds. The summed E-state index contributed by atoms with van der Waals surface area (Å²) in [6.45, 7) is 1.94. The van der Waals surface area contributed by atoms with Crippen LogP contribution < -0.4 is 9.46 Å². The Hall–Kier alpha value is -3.99. The summed E-state index contributed by atoms with van der Waals surface area (Å²) in [5, 5.41) is 0. The minimum atomic E-state index is -4.02. The average Bonchev–Trinajstić information content (AvgIpc) is 3.22. The number of halogens is 1. The van der Waals surface area contributed by atoms with E-state index < -0.39 is 21.8 Å². The number of rotatable bonds is 7. The van der Waals surface area contributed by atoms with Crippen LogP contribution in [0, 0.1) is 5.82 Å². The molecule has 0 radical (unpaired) electrons. The number of nitrogens with one attached hydrogen (secondary N) is 1. The lowest BCUT2D eigenvalue weighted by Crippen LogP contribution is -2.14. The topological polar surface area (TPSA) is 112 Å². The Balaban J connectivity index is 1.73. The van der Waals surface area contributed by atoms with Gasteiger partial charge < -0.3 is 9.47 Å². The molecular weight excluding hydrogens is 451 g/mol. The monoisotopic (exact) mass is 470 g/mol. The van der Waals surface area contributed by atoms with Gasteiger partial charge in [-0.15, -0.1) is 0 Å². The Labute approximate surface area is 188 Å². The molecule has 0 saturated heterocycles. The molecule has 1 aromatic carbocycles. The van der Waals surface area contributed by atoms with Gasteiger partial charge in [-0.25, -0.2) is 27.6 Å². The van der Waals surface area contributed by atoms with E-state index in [9.17, 15) is 17.6 Å². The molecule has 9 nitrogen and oxygen atoms in total. The molecule has 0 aliphatic heterocycles. The Morgan fingerprint density at radius 1 is 1.09 bits per heavy atom. The van der Waals surface area contributed by atoms with E-state index in [0.29, 0.717) is 16.8 Å². The summed E-state index contributed by atoms with van der Waals surface area (Å²) in [6.07, 6.45) is 4.61. The average molecular weight is 470 g/mol. The zero-order valence-electron chi connectivity index (χ0n) is 17.6. The highest BCUT2D eigenvalue weighted by Gasteiger charge is 2.19. The number of benzene rings is 1. The third kappa shape index (κ3) is 4.48. The van der Waals surface area contributed by atoms with Gasteiger partial charge in [-0.3, -0.25) is 9.12 Å². The maximum atomic E-state index is 13.2. The van der Waals surface area contributed by atoms with Gasteiger partial charge in [-0.1, -0.05) is 0 Å². The molecule has 4 aromatic rings. The van der Waals surface area contributed by atoms with Crippen molar-refractivity contribution >= 4 is 27.3 Å². The van der Waals surface area contributed by atoms with E-state index in [-0.39, 0.29) is 28.8 Å². The van der Waals surface area contributed by atoms with E-state index in [4.69, 9.17) is 9.47 Å². The van der Waals surface area contributed by atoms with Crippen molar-refractivity contribution in [3.63, 3.8) is 0 Å². The number of anilines is 1. The number of sulfonamides is 1. The first-order valence-electron chi connectivity index (χ1n) is 9.79. The molecule has 170 valence electrons. The number of aromatic nitrogens is 3. The number of hydrogen-bond donors (Lipinski definition) is 1. The van der Waals surface area contributed by atoms with Crippen LogP contribution >= 0.6 is 0 Å². The number of esters is 1. The molecule has 0 aliphatic rings. The highest BCUT2D eigenvalue weighted by atomic mass is 32.2. The van der Waals surface area contributed by atoms with Gasteiger partial charge in [-0.2, -0.15) is 0 Å². The van der Waals surface area contributed by atoms with Crippen LogP contribution in [-0.4, -0.2) is 42.5 Å². The van der Waals surface area contributed by atoms with Gasteiger partial charge in [0.1, 0.15) is 17.2 Å². The van der Waals surface area contributed by atoms with Gasteiger partial charge in [0.2, 0.25) is 5.88 Å². The molecular formula is C22H19FN4O5S. The maximum absolute atomic E-state index is 13.2. The summed E-state index contributed by atoms with van der Waals surface area (Å²) in [7, 11) is -2.66. The number of nitrogens with zero attached hydrogens (tertiary/aromatic N) is 3. The van der Waals surface area contributed by atoms with Crippen molar-refractivity contribution in [1.29, 1.82) is 0 Å².